The molecule has 0 heterocycles. The number of nitrogens with one attached hydrogen (secondary N) is 1. The van der Waals surface area contributed by atoms with Crippen LogP contribution in [0.3, 0.4) is 0 Å². The molecule has 0 atom stereocenters. The summed E-state index contributed by atoms with van der Waals surface area (Å²) in [4.78, 5) is 12.0. The second-order valence-electron chi connectivity index (χ2n) is 5.70. The van der Waals surface area contributed by atoms with Crippen LogP contribution in [0.4, 0.5) is 10.1 Å². The molecule has 2 aromatic rings. The summed E-state index contributed by atoms with van der Waals surface area (Å²) in [5.74, 6) is -1.19. The van der Waals surface area contributed by atoms with Gasteiger partial charge in [0, 0.05) is 12.7 Å². The molecule has 0 radical (unpaired) electrons. The second kappa shape index (κ2) is 7.51. The Balaban J connectivity index is 2.14. The fourth-order valence-corrected chi connectivity index (χ4v) is 3.56. The van der Waals surface area contributed by atoms with Gasteiger partial charge in [-0.2, -0.15) is 4.31 Å². The Morgan fingerprint density at radius 1 is 1.20 bits per heavy atom. The van der Waals surface area contributed by atoms with Gasteiger partial charge in [-0.05, 0) is 49.2 Å². The highest BCUT2D eigenvalue weighted by Crippen LogP contribution is 2.22. The fourth-order valence-electron chi connectivity index (χ4n) is 2.16. The molecule has 0 saturated carbocycles. The van der Waals surface area contributed by atoms with Crippen LogP contribution in [0, 0.1) is 19.7 Å². The van der Waals surface area contributed by atoms with Gasteiger partial charge in [0.15, 0.2) is 0 Å². The highest BCUT2D eigenvalue weighted by atomic mass is 35.5. The van der Waals surface area contributed by atoms with Crippen LogP contribution < -0.4 is 5.32 Å². The number of carbonyl (C=O) groups excluding carboxylic acids is 1. The number of halogens is 2. The number of anilines is 1. The Bertz CT molecular complexity index is 916. The predicted molar refractivity (Wildman–Crippen MR) is 95.8 cm³/mol. The van der Waals surface area contributed by atoms with E-state index in [0.29, 0.717) is 5.69 Å². The molecular weight excluding hydrogens is 367 g/mol. The average Bonchev–Trinajstić information content (AvgIpc) is 2.53. The molecule has 5 nitrogen and oxygen atoms in total. The summed E-state index contributed by atoms with van der Waals surface area (Å²) in [6.07, 6.45) is 0. The van der Waals surface area contributed by atoms with Gasteiger partial charge in [-0.1, -0.05) is 23.7 Å². The molecule has 8 heteroatoms. The first-order valence-electron chi connectivity index (χ1n) is 7.40. The Hall–Kier alpha value is -1.96. The minimum atomic E-state index is -3.96. The Labute approximate surface area is 151 Å². The number of nitrogens with zero attached hydrogens (tertiary/aromatic N) is 1. The standard InChI is InChI=1S/C17H18ClFN2O3S/c1-11-4-5-12(2)16(8-11)20-17(22)10-21(3)25(23,24)13-6-7-15(19)14(18)9-13/h4-9H,10H2,1-3H3,(H,20,22). The van der Waals surface area contributed by atoms with Crippen molar-refractivity contribution in [3.8, 4) is 0 Å². The maximum absolute atomic E-state index is 13.2. The largest absolute Gasteiger partial charge is 0.325 e. The van der Waals surface area contributed by atoms with Crippen LogP contribution in [-0.4, -0.2) is 32.2 Å². The van der Waals surface area contributed by atoms with E-state index in [1.54, 1.807) is 0 Å². The molecule has 0 fully saturated rings. The van der Waals surface area contributed by atoms with E-state index in [1.165, 1.54) is 7.05 Å². The number of amides is 1. The van der Waals surface area contributed by atoms with Crippen molar-refractivity contribution in [3.63, 3.8) is 0 Å². The smallest absolute Gasteiger partial charge is 0.243 e. The molecule has 134 valence electrons. The number of benzene rings is 2. The molecule has 0 aliphatic rings. The molecule has 1 amide bonds. The zero-order chi connectivity index (χ0) is 18.8. The minimum Gasteiger partial charge on any atom is -0.325 e. The third-order valence-electron chi connectivity index (χ3n) is 3.63. The van der Waals surface area contributed by atoms with Crippen molar-refractivity contribution in [3.05, 3.63) is 58.4 Å². The maximum Gasteiger partial charge on any atom is 0.243 e. The predicted octanol–water partition coefficient (Wildman–Crippen LogP) is 3.36. The normalized spacial score (nSPS) is 11.6. The summed E-state index contributed by atoms with van der Waals surface area (Å²) in [7, 11) is -2.69. The Kier molecular flexibility index (Phi) is 5.82. The maximum atomic E-state index is 13.2. The van der Waals surface area contributed by atoms with Gasteiger partial charge >= 0.3 is 0 Å². The van der Waals surface area contributed by atoms with Gasteiger partial charge in [0.05, 0.1) is 16.5 Å². The van der Waals surface area contributed by atoms with E-state index in [9.17, 15) is 17.6 Å². The molecule has 0 aromatic heterocycles. The van der Waals surface area contributed by atoms with Crippen LogP contribution in [0.2, 0.25) is 5.02 Å². The third kappa shape index (κ3) is 4.56. The Morgan fingerprint density at radius 3 is 2.52 bits per heavy atom. The van der Waals surface area contributed by atoms with Gasteiger partial charge in [0.25, 0.3) is 0 Å². The summed E-state index contributed by atoms with van der Waals surface area (Å²) < 4.78 is 39.0. The molecule has 0 spiro atoms. The lowest BCUT2D eigenvalue weighted by molar-refractivity contribution is -0.116. The van der Waals surface area contributed by atoms with Crippen LogP contribution in [-0.2, 0) is 14.8 Å². The number of hydrogen-bond acceptors (Lipinski definition) is 3. The molecule has 2 rings (SSSR count). The highest BCUT2D eigenvalue weighted by Gasteiger charge is 2.24. The quantitative estimate of drug-likeness (QED) is 0.859. The van der Waals surface area contributed by atoms with E-state index in [2.05, 4.69) is 5.32 Å². The van der Waals surface area contributed by atoms with Crippen LogP contribution in [0.5, 0.6) is 0 Å². The van der Waals surface area contributed by atoms with E-state index in [0.717, 1.165) is 33.6 Å². The van der Waals surface area contributed by atoms with Crippen LogP contribution in [0.1, 0.15) is 11.1 Å². The first-order chi connectivity index (χ1) is 11.6. The van der Waals surface area contributed by atoms with Gasteiger partial charge in [0.2, 0.25) is 15.9 Å². The first-order valence-corrected chi connectivity index (χ1v) is 9.21. The average molecular weight is 385 g/mol. The van der Waals surface area contributed by atoms with E-state index < -0.39 is 21.7 Å². The molecular formula is C17H18ClFN2O3S. The number of carbonyl (C=O) groups is 1. The van der Waals surface area contributed by atoms with E-state index in [1.807, 2.05) is 32.0 Å². The lowest BCUT2D eigenvalue weighted by Gasteiger charge is -2.17. The molecule has 25 heavy (non-hydrogen) atoms. The molecule has 0 aliphatic carbocycles. The number of aryl methyl sites for hydroxylation is 2. The Morgan fingerprint density at radius 2 is 1.88 bits per heavy atom. The van der Waals surface area contributed by atoms with Crippen LogP contribution in [0.25, 0.3) is 0 Å². The molecule has 0 unspecified atom stereocenters. The summed E-state index contributed by atoms with van der Waals surface area (Å²) in [6, 6.07) is 8.69. The summed E-state index contributed by atoms with van der Waals surface area (Å²) in [6.45, 7) is 3.35. The van der Waals surface area contributed by atoms with E-state index in [4.69, 9.17) is 11.6 Å². The zero-order valence-corrected chi connectivity index (χ0v) is 15.6. The summed E-state index contributed by atoms with van der Waals surface area (Å²) >= 11 is 5.63. The number of sulfonamides is 1. The van der Waals surface area contributed by atoms with Crippen LogP contribution >= 0.6 is 11.6 Å². The van der Waals surface area contributed by atoms with Gasteiger partial charge in [0.1, 0.15) is 5.82 Å². The zero-order valence-electron chi connectivity index (χ0n) is 14.0. The number of likely N-dealkylation sites (N-methyl/N-ethyl adjacent to an activating group) is 1. The van der Waals surface area contributed by atoms with Crippen molar-refractivity contribution in [2.75, 3.05) is 18.9 Å². The van der Waals surface area contributed by atoms with Crippen molar-refractivity contribution in [1.29, 1.82) is 0 Å². The van der Waals surface area contributed by atoms with E-state index in [-0.39, 0.29) is 16.5 Å². The molecule has 0 saturated heterocycles. The van der Waals surface area contributed by atoms with E-state index >= 15 is 0 Å². The van der Waals surface area contributed by atoms with Crippen LogP contribution in [0.15, 0.2) is 41.3 Å². The van der Waals surface area contributed by atoms with Crippen molar-refractivity contribution in [2.45, 2.75) is 18.7 Å². The lowest BCUT2D eigenvalue weighted by Crippen LogP contribution is -2.35. The van der Waals surface area contributed by atoms with Crippen molar-refractivity contribution < 1.29 is 17.6 Å². The van der Waals surface area contributed by atoms with Gasteiger partial charge in [-0.3, -0.25) is 4.79 Å². The highest BCUT2D eigenvalue weighted by molar-refractivity contribution is 7.89. The van der Waals surface area contributed by atoms with Crippen molar-refractivity contribution >= 4 is 33.2 Å². The molecule has 0 aliphatic heterocycles. The topological polar surface area (TPSA) is 66.5 Å². The summed E-state index contributed by atoms with van der Waals surface area (Å²) in [5.41, 5.74) is 2.47. The van der Waals surface area contributed by atoms with Gasteiger partial charge in [-0.25, -0.2) is 12.8 Å². The van der Waals surface area contributed by atoms with Crippen molar-refractivity contribution in [1.82, 2.24) is 4.31 Å². The molecule has 0 bridgehead atoms. The number of hydrogen-bond donors (Lipinski definition) is 1. The van der Waals surface area contributed by atoms with Crippen molar-refractivity contribution in [2.24, 2.45) is 0 Å². The third-order valence-corrected chi connectivity index (χ3v) is 5.72. The minimum absolute atomic E-state index is 0.180. The molecule has 1 N–H and O–H groups in total. The second-order valence-corrected chi connectivity index (χ2v) is 8.16. The molecule has 2 aromatic carbocycles. The summed E-state index contributed by atoms with van der Waals surface area (Å²) in [5, 5.41) is 2.40. The van der Waals surface area contributed by atoms with Gasteiger partial charge in [-0.15, -0.1) is 0 Å². The SMILES string of the molecule is Cc1ccc(C)c(NC(=O)CN(C)S(=O)(=O)c2ccc(F)c(Cl)c2)c1. The lowest BCUT2D eigenvalue weighted by atomic mass is 10.1. The fraction of sp³-hybridized carbons (Fsp3) is 0.235. The first kappa shape index (κ1) is 19.4. The number of rotatable bonds is 5. The van der Waals surface area contributed by atoms with Gasteiger partial charge < -0.3 is 5.32 Å². The monoisotopic (exact) mass is 384 g/mol.